The second kappa shape index (κ2) is 5.10. The van der Waals surface area contributed by atoms with E-state index in [9.17, 15) is 0 Å². The lowest BCUT2D eigenvalue weighted by atomic mass is 9.57. The average Bonchev–Trinajstić information content (AvgIpc) is 3.25. The molecule has 5 rings (SSSR count). The van der Waals surface area contributed by atoms with Crippen LogP contribution in [0.25, 0.3) is 0 Å². The van der Waals surface area contributed by atoms with Crippen molar-refractivity contribution in [2.24, 2.45) is 5.92 Å². The van der Waals surface area contributed by atoms with Crippen LogP contribution in [0, 0.1) is 5.92 Å². The van der Waals surface area contributed by atoms with E-state index in [1.807, 2.05) is 0 Å². The Morgan fingerprint density at radius 1 is 0.692 bits per heavy atom. The maximum Gasteiger partial charge on any atom is 0.0182 e. The minimum Gasteiger partial charge on any atom is -0.0622 e. The van der Waals surface area contributed by atoms with Crippen LogP contribution >= 0.6 is 0 Å². The van der Waals surface area contributed by atoms with Gasteiger partial charge in [-0.05, 0) is 34.6 Å². The van der Waals surface area contributed by atoms with Crippen LogP contribution in [-0.4, -0.2) is 0 Å². The Bertz CT molecular complexity index is 954. The molecular formula is C26H26. The summed E-state index contributed by atoms with van der Waals surface area (Å²) in [6, 6.07) is 31.7. The largest absolute Gasteiger partial charge is 0.0622 e. The first kappa shape index (κ1) is 15.9. The molecule has 0 N–H and O–H groups in total. The summed E-state index contributed by atoms with van der Waals surface area (Å²) in [7, 11) is 0. The summed E-state index contributed by atoms with van der Waals surface area (Å²) in [5.74, 6) is 0.599. The lowest BCUT2D eigenvalue weighted by Crippen LogP contribution is -2.45. The lowest BCUT2D eigenvalue weighted by Gasteiger charge is -2.46. The monoisotopic (exact) mass is 338 g/mol. The van der Waals surface area contributed by atoms with Crippen LogP contribution in [0.3, 0.4) is 0 Å². The summed E-state index contributed by atoms with van der Waals surface area (Å²) in [6.07, 6.45) is 1.13. The molecule has 0 saturated heterocycles. The zero-order valence-corrected chi connectivity index (χ0v) is 15.9. The number of fused-ring (bicyclic) bond motifs is 2. The molecule has 2 aliphatic carbocycles. The molecule has 0 nitrogen and oxygen atoms in total. The second-order valence-electron chi connectivity index (χ2n) is 8.69. The predicted octanol–water partition coefficient (Wildman–Crippen LogP) is 6.05. The first-order valence-electron chi connectivity index (χ1n) is 9.76. The molecule has 3 atom stereocenters. The van der Waals surface area contributed by atoms with Gasteiger partial charge in [0.1, 0.15) is 0 Å². The van der Waals surface area contributed by atoms with Crippen molar-refractivity contribution in [1.29, 1.82) is 0 Å². The third kappa shape index (κ3) is 1.62. The highest BCUT2D eigenvalue weighted by molar-refractivity contribution is 5.63. The van der Waals surface area contributed by atoms with Crippen molar-refractivity contribution < 1.29 is 0 Å². The van der Waals surface area contributed by atoms with Crippen LogP contribution in [-0.2, 0) is 22.7 Å². The fourth-order valence-corrected chi connectivity index (χ4v) is 6.81. The smallest absolute Gasteiger partial charge is 0.0182 e. The van der Waals surface area contributed by atoms with Crippen LogP contribution in [0.5, 0.6) is 0 Å². The fraction of sp³-hybridized carbons (Fsp3) is 0.308. The van der Waals surface area contributed by atoms with Crippen LogP contribution in [0.2, 0.25) is 0 Å². The van der Waals surface area contributed by atoms with Crippen molar-refractivity contribution in [3.05, 3.63) is 107 Å². The molecule has 26 heavy (non-hydrogen) atoms. The highest BCUT2D eigenvalue weighted by Crippen LogP contribution is 2.79. The second-order valence-corrected chi connectivity index (χ2v) is 8.69. The molecule has 3 aromatic rings. The molecule has 0 aliphatic heterocycles. The van der Waals surface area contributed by atoms with E-state index in [4.69, 9.17) is 0 Å². The summed E-state index contributed by atoms with van der Waals surface area (Å²) < 4.78 is 0. The van der Waals surface area contributed by atoms with E-state index in [-0.39, 0.29) is 16.2 Å². The predicted molar refractivity (Wildman–Crippen MR) is 109 cm³/mol. The molecule has 0 bridgehead atoms. The van der Waals surface area contributed by atoms with Crippen molar-refractivity contribution >= 4 is 0 Å². The van der Waals surface area contributed by atoms with E-state index in [2.05, 4.69) is 106 Å². The van der Waals surface area contributed by atoms with Gasteiger partial charge in [0.05, 0.1) is 0 Å². The zero-order chi connectivity index (χ0) is 18.0. The van der Waals surface area contributed by atoms with Gasteiger partial charge < -0.3 is 0 Å². The molecule has 0 aromatic heterocycles. The molecule has 0 radical (unpaired) electrons. The number of benzene rings is 3. The Labute approximate surface area is 156 Å². The van der Waals surface area contributed by atoms with Crippen LogP contribution in [0.1, 0.15) is 43.0 Å². The molecule has 3 aromatic carbocycles. The van der Waals surface area contributed by atoms with E-state index in [0.717, 1.165) is 6.42 Å². The van der Waals surface area contributed by atoms with E-state index in [1.54, 1.807) is 0 Å². The van der Waals surface area contributed by atoms with Crippen molar-refractivity contribution in [1.82, 2.24) is 0 Å². The third-order valence-corrected chi connectivity index (χ3v) is 7.67. The quantitative estimate of drug-likeness (QED) is 0.534. The molecule has 1 saturated carbocycles. The molecule has 0 heterocycles. The maximum atomic E-state index is 2.48. The molecule has 2 aliphatic rings. The van der Waals surface area contributed by atoms with Gasteiger partial charge in [-0.15, -0.1) is 0 Å². The number of rotatable bonds is 2. The Hall–Kier alpha value is -2.34. The summed E-state index contributed by atoms with van der Waals surface area (Å²) in [6.45, 7) is 7.42. The zero-order valence-electron chi connectivity index (χ0n) is 15.9. The van der Waals surface area contributed by atoms with Crippen molar-refractivity contribution in [2.75, 3.05) is 0 Å². The highest BCUT2D eigenvalue weighted by Gasteiger charge is 2.81. The third-order valence-electron chi connectivity index (χ3n) is 7.67. The first-order valence-corrected chi connectivity index (χ1v) is 9.76. The van der Waals surface area contributed by atoms with Gasteiger partial charge in [-0.25, -0.2) is 0 Å². The maximum absolute atomic E-state index is 2.48. The summed E-state index contributed by atoms with van der Waals surface area (Å²) in [5, 5.41) is 0. The Morgan fingerprint density at radius 2 is 1.23 bits per heavy atom. The van der Waals surface area contributed by atoms with Gasteiger partial charge in [0.25, 0.3) is 0 Å². The summed E-state index contributed by atoms with van der Waals surface area (Å²) in [5.41, 5.74) is 6.44. The Balaban J connectivity index is 1.85. The van der Waals surface area contributed by atoms with Crippen LogP contribution in [0.4, 0.5) is 0 Å². The first-order chi connectivity index (χ1) is 12.6. The van der Waals surface area contributed by atoms with Gasteiger partial charge in [-0.1, -0.05) is 106 Å². The van der Waals surface area contributed by atoms with Gasteiger partial charge in [-0.2, -0.15) is 0 Å². The number of hydrogen-bond acceptors (Lipinski definition) is 0. The molecule has 0 heteroatoms. The normalized spacial score (nSPS) is 31.0. The van der Waals surface area contributed by atoms with Gasteiger partial charge >= 0.3 is 0 Å². The Kier molecular flexibility index (Phi) is 3.11. The molecule has 130 valence electrons. The van der Waals surface area contributed by atoms with Gasteiger partial charge in [0.2, 0.25) is 0 Å². The van der Waals surface area contributed by atoms with E-state index in [0.29, 0.717) is 5.92 Å². The van der Waals surface area contributed by atoms with Gasteiger partial charge in [0.15, 0.2) is 0 Å². The topological polar surface area (TPSA) is 0 Å². The van der Waals surface area contributed by atoms with Crippen LogP contribution in [0.15, 0.2) is 84.9 Å². The van der Waals surface area contributed by atoms with Crippen molar-refractivity contribution in [3.8, 4) is 0 Å². The Morgan fingerprint density at radius 3 is 1.88 bits per heavy atom. The molecule has 0 spiro atoms. The van der Waals surface area contributed by atoms with Gasteiger partial charge in [-0.3, -0.25) is 0 Å². The van der Waals surface area contributed by atoms with E-state index in [1.165, 1.54) is 22.3 Å². The minimum atomic E-state index is 0.0818. The standard InChI is InChI=1S/C26H26/c1-19-25(21-13-6-4-7-14-21)18-20-12-10-11-17-23(20)24(2,3)26(19,25)22-15-8-5-9-16-22/h4-17,19H,18H2,1-3H3/t19-,25-,26+/m0/s1. The summed E-state index contributed by atoms with van der Waals surface area (Å²) in [4.78, 5) is 0. The molecule has 0 amide bonds. The van der Waals surface area contributed by atoms with E-state index < -0.39 is 0 Å². The molecular weight excluding hydrogens is 312 g/mol. The average molecular weight is 338 g/mol. The highest BCUT2D eigenvalue weighted by atomic mass is 14.8. The molecule has 0 unspecified atom stereocenters. The van der Waals surface area contributed by atoms with Crippen molar-refractivity contribution in [3.63, 3.8) is 0 Å². The van der Waals surface area contributed by atoms with Crippen LogP contribution < -0.4 is 0 Å². The number of hydrogen-bond donors (Lipinski definition) is 0. The lowest BCUT2D eigenvalue weighted by molar-refractivity contribution is 0.311. The van der Waals surface area contributed by atoms with Gasteiger partial charge in [0, 0.05) is 16.2 Å². The SMILES string of the molecule is C[C@@H]1[C@@]2(c3ccccc3)C(C)(C)c3ccccc3C[C@@]12c1ccccc1. The van der Waals surface area contributed by atoms with Crippen molar-refractivity contribution in [2.45, 2.75) is 43.4 Å². The fourth-order valence-electron chi connectivity index (χ4n) is 6.81. The minimum absolute atomic E-state index is 0.0818. The summed E-state index contributed by atoms with van der Waals surface area (Å²) >= 11 is 0. The van der Waals surface area contributed by atoms with E-state index >= 15 is 0 Å². The molecule has 1 fully saturated rings.